The van der Waals surface area contributed by atoms with Gasteiger partial charge in [-0.2, -0.15) is 0 Å². The van der Waals surface area contributed by atoms with E-state index in [1.54, 1.807) is 11.9 Å². The number of anilines is 1. The number of nitrogen functional groups attached to an aromatic ring is 1. The molecule has 0 fully saturated rings. The van der Waals surface area contributed by atoms with Gasteiger partial charge in [0.15, 0.2) is 0 Å². The van der Waals surface area contributed by atoms with Crippen LogP contribution in [-0.4, -0.2) is 22.8 Å². The Morgan fingerprint density at radius 2 is 1.95 bits per heavy atom. The van der Waals surface area contributed by atoms with E-state index >= 15 is 0 Å². The Balaban J connectivity index is 2.11. The fourth-order valence-electron chi connectivity index (χ4n) is 1.87. The van der Waals surface area contributed by atoms with Crippen LogP contribution in [0, 0.1) is 13.8 Å². The number of nitrogens with zero attached hydrogens (tertiary/aromatic N) is 2. The summed E-state index contributed by atoms with van der Waals surface area (Å²) < 4.78 is 0. The number of nitrogens with two attached hydrogens (primary N) is 1. The van der Waals surface area contributed by atoms with Gasteiger partial charge in [0, 0.05) is 19.3 Å². The van der Waals surface area contributed by atoms with Crippen LogP contribution in [0.1, 0.15) is 25.9 Å². The number of amides is 1. The quantitative estimate of drug-likeness (QED) is 0.876. The lowest BCUT2D eigenvalue weighted by molar-refractivity contribution is 0.0789. The highest BCUT2D eigenvalue weighted by Crippen LogP contribution is 2.19. The third-order valence-corrected chi connectivity index (χ3v) is 3.90. The molecule has 0 aliphatic carbocycles. The molecule has 0 aliphatic heterocycles. The molecule has 0 radical (unpaired) electrons. The van der Waals surface area contributed by atoms with Gasteiger partial charge in [0.05, 0.1) is 10.7 Å². The van der Waals surface area contributed by atoms with E-state index in [4.69, 9.17) is 5.73 Å². The highest BCUT2D eigenvalue weighted by Gasteiger charge is 2.17. The second-order valence-electron chi connectivity index (χ2n) is 4.55. The number of aryl methyl sites for hydroxylation is 2. The Kier molecular flexibility index (Phi) is 3.85. The van der Waals surface area contributed by atoms with Gasteiger partial charge in [-0.3, -0.25) is 4.79 Å². The van der Waals surface area contributed by atoms with Gasteiger partial charge in [-0.05, 0) is 31.5 Å². The molecule has 0 atom stereocenters. The number of rotatable bonds is 3. The Morgan fingerprint density at radius 3 is 2.47 bits per heavy atom. The van der Waals surface area contributed by atoms with E-state index in [-0.39, 0.29) is 5.91 Å². The van der Waals surface area contributed by atoms with Crippen molar-refractivity contribution < 1.29 is 4.79 Å². The number of carbonyl (C=O) groups excluding carboxylic acids is 1. The maximum atomic E-state index is 12.3. The minimum Gasteiger partial charge on any atom is -0.399 e. The molecule has 0 saturated carbocycles. The summed E-state index contributed by atoms with van der Waals surface area (Å²) >= 11 is 1.44. The molecular weight excluding hydrogens is 258 g/mol. The summed E-state index contributed by atoms with van der Waals surface area (Å²) in [6, 6.07) is 7.55. The average Bonchev–Trinajstić information content (AvgIpc) is 2.70. The van der Waals surface area contributed by atoms with Gasteiger partial charge in [-0.1, -0.05) is 12.1 Å². The normalized spacial score (nSPS) is 10.5. The number of hydrogen-bond donors (Lipinski definition) is 1. The third-order valence-electron chi connectivity index (χ3n) is 2.84. The molecule has 1 amide bonds. The molecule has 0 aliphatic rings. The van der Waals surface area contributed by atoms with Crippen LogP contribution in [0.15, 0.2) is 24.3 Å². The second-order valence-corrected chi connectivity index (χ2v) is 5.75. The number of benzene rings is 1. The van der Waals surface area contributed by atoms with E-state index in [0.29, 0.717) is 6.54 Å². The molecule has 0 saturated heterocycles. The Labute approximate surface area is 116 Å². The molecule has 1 heterocycles. The molecule has 2 rings (SSSR count). The number of hydrogen-bond acceptors (Lipinski definition) is 4. The number of carbonyl (C=O) groups is 1. The van der Waals surface area contributed by atoms with Crippen LogP contribution in [0.2, 0.25) is 0 Å². The minimum absolute atomic E-state index is 0.0138. The molecule has 100 valence electrons. The van der Waals surface area contributed by atoms with Crippen LogP contribution in [0.4, 0.5) is 5.69 Å². The molecular formula is C14H17N3OS. The first-order valence-electron chi connectivity index (χ1n) is 6.01. The van der Waals surface area contributed by atoms with E-state index in [1.807, 2.05) is 38.1 Å². The first-order chi connectivity index (χ1) is 8.97. The summed E-state index contributed by atoms with van der Waals surface area (Å²) in [6.45, 7) is 4.34. The largest absolute Gasteiger partial charge is 0.399 e. The highest BCUT2D eigenvalue weighted by atomic mass is 32.1. The van der Waals surface area contributed by atoms with Crippen molar-refractivity contribution in [2.75, 3.05) is 12.8 Å². The molecule has 0 spiro atoms. The topological polar surface area (TPSA) is 59.2 Å². The predicted octanol–water partition coefficient (Wildman–Crippen LogP) is 2.61. The van der Waals surface area contributed by atoms with E-state index in [2.05, 4.69) is 4.98 Å². The molecule has 0 bridgehead atoms. The fourth-order valence-corrected chi connectivity index (χ4v) is 2.79. The van der Waals surface area contributed by atoms with Crippen molar-refractivity contribution in [1.29, 1.82) is 0 Å². The van der Waals surface area contributed by atoms with Crippen molar-refractivity contribution in [1.82, 2.24) is 9.88 Å². The fraction of sp³-hybridized carbons (Fsp3) is 0.286. The summed E-state index contributed by atoms with van der Waals surface area (Å²) in [5.74, 6) is 0.0138. The van der Waals surface area contributed by atoms with Crippen LogP contribution in [-0.2, 0) is 6.54 Å². The molecule has 19 heavy (non-hydrogen) atoms. The Morgan fingerprint density at radius 1 is 1.32 bits per heavy atom. The van der Waals surface area contributed by atoms with Gasteiger partial charge in [0.25, 0.3) is 5.91 Å². The van der Waals surface area contributed by atoms with E-state index in [0.717, 1.165) is 26.8 Å². The van der Waals surface area contributed by atoms with E-state index in [9.17, 15) is 4.79 Å². The Bertz CT molecular complexity index is 589. The van der Waals surface area contributed by atoms with Gasteiger partial charge in [0.2, 0.25) is 0 Å². The highest BCUT2D eigenvalue weighted by molar-refractivity contribution is 7.13. The van der Waals surface area contributed by atoms with Crippen LogP contribution < -0.4 is 5.73 Å². The summed E-state index contributed by atoms with van der Waals surface area (Å²) in [5.41, 5.74) is 8.23. The van der Waals surface area contributed by atoms with Gasteiger partial charge in [-0.25, -0.2) is 4.98 Å². The predicted molar refractivity (Wildman–Crippen MR) is 78.2 cm³/mol. The van der Waals surface area contributed by atoms with Crippen molar-refractivity contribution in [2.45, 2.75) is 20.4 Å². The zero-order chi connectivity index (χ0) is 14.0. The molecule has 5 heteroatoms. The zero-order valence-corrected chi connectivity index (χ0v) is 12.1. The van der Waals surface area contributed by atoms with Crippen LogP contribution in [0.3, 0.4) is 0 Å². The van der Waals surface area contributed by atoms with Crippen molar-refractivity contribution in [2.24, 2.45) is 0 Å². The van der Waals surface area contributed by atoms with Gasteiger partial charge in [0.1, 0.15) is 4.88 Å². The number of aromatic nitrogens is 1. The van der Waals surface area contributed by atoms with E-state index < -0.39 is 0 Å². The molecule has 1 aromatic heterocycles. The smallest absolute Gasteiger partial charge is 0.265 e. The minimum atomic E-state index is 0.0138. The van der Waals surface area contributed by atoms with E-state index in [1.165, 1.54) is 11.3 Å². The van der Waals surface area contributed by atoms with Crippen LogP contribution in [0.25, 0.3) is 0 Å². The van der Waals surface area contributed by atoms with Crippen molar-refractivity contribution in [3.05, 3.63) is 45.4 Å². The molecule has 2 N–H and O–H groups in total. The zero-order valence-electron chi connectivity index (χ0n) is 11.3. The van der Waals surface area contributed by atoms with Gasteiger partial charge >= 0.3 is 0 Å². The van der Waals surface area contributed by atoms with Crippen LogP contribution in [0.5, 0.6) is 0 Å². The first-order valence-corrected chi connectivity index (χ1v) is 6.83. The third kappa shape index (κ3) is 3.12. The Hall–Kier alpha value is -1.88. The standard InChI is InChI=1S/C14H17N3OS/c1-9-13(19-10(2)16-9)14(18)17(3)8-11-4-6-12(15)7-5-11/h4-7H,8,15H2,1-3H3. The summed E-state index contributed by atoms with van der Waals surface area (Å²) in [7, 11) is 1.80. The summed E-state index contributed by atoms with van der Waals surface area (Å²) in [4.78, 5) is 19.0. The van der Waals surface area contributed by atoms with Gasteiger partial charge in [-0.15, -0.1) is 11.3 Å². The molecule has 1 aromatic carbocycles. The molecule has 2 aromatic rings. The average molecular weight is 275 g/mol. The van der Waals surface area contributed by atoms with Crippen molar-refractivity contribution in [3.63, 3.8) is 0 Å². The lowest BCUT2D eigenvalue weighted by Gasteiger charge is -2.16. The maximum Gasteiger partial charge on any atom is 0.265 e. The lowest BCUT2D eigenvalue weighted by Crippen LogP contribution is -2.26. The monoisotopic (exact) mass is 275 g/mol. The summed E-state index contributed by atoms with van der Waals surface area (Å²) in [6.07, 6.45) is 0. The molecule has 4 nitrogen and oxygen atoms in total. The van der Waals surface area contributed by atoms with Crippen molar-refractivity contribution >= 4 is 22.9 Å². The SMILES string of the molecule is Cc1nc(C)c(C(=O)N(C)Cc2ccc(N)cc2)s1. The number of thiazole rings is 1. The van der Waals surface area contributed by atoms with Gasteiger partial charge < -0.3 is 10.6 Å². The second kappa shape index (κ2) is 5.40. The first kappa shape index (κ1) is 13.5. The summed E-state index contributed by atoms with van der Waals surface area (Å²) in [5, 5.41) is 0.918. The maximum absolute atomic E-state index is 12.3. The van der Waals surface area contributed by atoms with Crippen molar-refractivity contribution in [3.8, 4) is 0 Å². The molecule has 0 unspecified atom stereocenters. The lowest BCUT2D eigenvalue weighted by atomic mass is 10.2. The van der Waals surface area contributed by atoms with Crippen LogP contribution >= 0.6 is 11.3 Å².